The normalized spacial score (nSPS) is 21.6. The van der Waals surface area contributed by atoms with Gasteiger partial charge < -0.3 is 10.6 Å². The standard InChI is InChI=1S/C16H31N2P.Pd/c1-5-7-13-19(14-8-6-2)16(18-4)11-9-15(17-3)10-12-16;/h9-11,17-18H,5-8,12-14H2,1-4H3;. The molecular formula is C16H31N2PPd. The first-order valence-corrected chi connectivity index (χ1v) is 9.44. The quantitative estimate of drug-likeness (QED) is 0.460. The Kier molecular flexibility index (Phi) is 11.2. The Labute approximate surface area is 140 Å². The van der Waals surface area contributed by atoms with Crippen molar-refractivity contribution in [3.05, 3.63) is 23.9 Å². The molecule has 0 amide bonds. The summed E-state index contributed by atoms with van der Waals surface area (Å²) >= 11 is 0. The molecule has 0 spiro atoms. The fourth-order valence-corrected chi connectivity index (χ4v) is 5.97. The molecular weight excluding hydrogens is 358 g/mol. The van der Waals surface area contributed by atoms with Crippen LogP contribution in [0.3, 0.4) is 0 Å². The van der Waals surface area contributed by atoms with Gasteiger partial charge in [-0.25, -0.2) is 0 Å². The van der Waals surface area contributed by atoms with Crippen LogP contribution in [0.1, 0.15) is 46.0 Å². The van der Waals surface area contributed by atoms with Gasteiger partial charge in [-0.2, -0.15) is 0 Å². The van der Waals surface area contributed by atoms with Gasteiger partial charge in [0.2, 0.25) is 0 Å². The monoisotopic (exact) mass is 388 g/mol. The molecule has 1 atom stereocenters. The van der Waals surface area contributed by atoms with E-state index in [9.17, 15) is 0 Å². The number of allylic oxidation sites excluding steroid dienone is 1. The molecule has 0 fully saturated rings. The van der Waals surface area contributed by atoms with Crippen LogP contribution in [0, 0.1) is 0 Å². The zero-order chi connectivity index (χ0) is 14.1. The molecule has 0 radical (unpaired) electrons. The zero-order valence-electron chi connectivity index (χ0n) is 13.4. The predicted octanol–water partition coefficient (Wildman–Crippen LogP) is 4.04. The van der Waals surface area contributed by atoms with Crippen molar-refractivity contribution in [2.75, 3.05) is 26.4 Å². The largest absolute Gasteiger partial charge is 0.388 e. The van der Waals surface area contributed by atoms with Crippen molar-refractivity contribution in [3.8, 4) is 0 Å². The van der Waals surface area contributed by atoms with Gasteiger partial charge in [0.15, 0.2) is 0 Å². The molecule has 1 rings (SSSR count). The van der Waals surface area contributed by atoms with Crippen molar-refractivity contribution >= 4 is 7.92 Å². The van der Waals surface area contributed by atoms with Crippen LogP contribution in [0.2, 0.25) is 0 Å². The molecule has 0 heterocycles. The van der Waals surface area contributed by atoms with Crippen LogP contribution in [-0.2, 0) is 20.4 Å². The van der Waals surface area contributed by atoms with Gasteiger partial charge in [0.05, 0.1) is 5.28 Å². The van der Waals surface area contributed by atoms with Crippen LogP contribution in [-0.4, -0.2) is 31.7 Å². The number of unbranched alkanes of at least 4 members (excludes halogenated alkanes) is 2. The van der Waals surface area contributed by atoms with E-state index in [2.05, 4.69) is 49.8 Å². The maximum Gasteiger partial charge on any atom is 0.0600 e. The summed E-state index contributed by atoms with van der Waals surface area (Å²) in [6.45, 7) is 4.60. The van der Waals surface area contributed by atoms with E-state index in [0.29, 0.717) is 0 Å². The van der Waals surface area contributed by atoms with Gasteiger partial charge in [0, 0.05) is 33.2 Å². The molecule has 0 aromatic rings. The molecule has 1 unspecified atom stereocenters. The van der Waals surface area contributed by atoms with E-state index in [1.54, 1.807) is 0 Å². The Morgan fingerprint density at radius 3 is 2.10 bits per heavy atom. The van der Waals surface area contributed by atoms with Crippen molar-refractivity contribution in [1.29, 1.82) is 0 Å². The van der Waals surface area contributed by atoms with Crippen LogP contribution in [0.15, 0.2) is 23.9 Å². The maximum absolute atomic E-state index is 3.65. The molecule has 0 saturated carbocycles. The van der Waals surface area contributed by atoms with E-state index in [0.717, 1.165) is 6.42 Å². The average Bonchev–Trinajstić information content (AvgIpc) is 2.47. The summed E-state index contributed by atoms with van der Waals surface area (Å²) < 4.78 is 0. The third-order valence-corrected chi connectivity index (χ3v) is 7.42. The number of hydrogen-bond acceptors (Lipinski definition) is 2. The van der Waals surface area contributed by atoms with Crippen LogP contribution in [0.4, 0.5) is 0 Å². The molecule has 20 heavy (non-hydrogen) atoms. The Balaban J connectivity index is 0.00000361. The minimum absolute atomic E-state index is 0. The van der Waals surface area contributed by atoms with Gasteiger partial charge in [-0.15, -0.1) is 0 Å². The fourth-order valence-electron chi connectivity index (χ4n) is 2.60. The van der Waals surface area contributed by atoms with E-state index in [1.807, 2.05) is 7.05 Å². The van der Waals surface area contributed by atoms with Gasteiger partial charge in [-0.05, 0) is 44.7 Å². The van der Waals surface area contributed by atoms with E-state index < -0.39 is 0 Å². The second-order valence-electron chi connectivity index (χ2n) is 5.32. The molecule has 2 nitrogen and oxygen atoms in total. The van der Waals surface area contributed by atoms with Gasteiger partial charge in [0.1, 0.15) is 0 Å². The summed E-state index contributed by atoms with van der Waals surface area (Å²) in [7, 11) is 4.16. The summed E-state index contributed by atoms with van der Waals surface area (Å²) in [5, 5.41) is 7.13. The SMILES string of the molecule is CCCCP(CCCC)C1(NC)C=CC(NC)=CC1.[Pd]. The second kappa shape index (κ2) is 11.0. The summed E-state index contributed by atoms with van der Waals surface area (Å²) in [6.07, 6.45) is 16.3. The van der Waals surface area contributed by atoms with Crippen molar-refractivity contribution < 1.29 is 20.4 Å². The topological polar surface area (TPSA) is 24.1 Å². The average molecular weight is 389 g/mol. The molecule has 2 N–H and O–H groups in total. The molecule has 0 saturated heterocycles. The van der Waals surface area contributed by atoms with Gasteiger partial charge in [-0.1, -0.05) is 46.8 Å². The smallest absolute Gasteiger partial charge is 0.0600 e. The second-order valence-corrected chi connectivity index (χ2v) is 8.09. The summed E-state index contributed by atoms with van der Waals surface area (Å²) in [4.78, 5) is 0. The third kappa shape index (κ3) is 5.61. The van der Waals surface area contributed by atoms with Crippen molar-refractivity contribution in [1.82, 2.24) is 10.6 Å². The Hall–Kier alpha value is 0.332. The van der Waals surface area contributed by atoms with Gasteiger partial charge >= 0.3 is 0 Å². The molecule has 0 bridgehead atoms. The molecule has 4 heteroatoms. The molecule has 0 aromatic heterocycles. The Morgan fingerprint density at radius 2 is 1.75 bits per heavy atom. The molecule has 1 aliphatic rings. The number of likely N-dealkylation sites (N-methyl/N-ethyl adjacent to an activating group) is 2. The zero-order valence-corrected chi connectivity index (χ0v) is 15.9. The van der Waals surface area contributed by atoms with Gasteiger partial charge in [-0.3, -0.25) is 0 Å². The summed E-state index contributed by atoms with van der Waals surface area (Å²) in [5.74, 6) is 0. The number of rotatable bonds is 9. The third-order valence-electron chi connectivity index (χ3n) is 4.02. The van der Waals surface area contributed by atoms with E-state index in [-0.39, 0.29) is 33.6 Å². The van der Waals surface area contributed by atoms with Crippen LogP contribution < -0.4 is 10.6 Å². The first kappa shape index (κ1) is 20.3. The molecule has 120 valence electrons. The van der Waals surface area contributed by atoms with Gasteiger partial charge in [0.25, 0.3) is 0 Å². The first-order valence-electron chi connectivity index (χ1n) is 7.73. The number of nitrogens with one attached hydrogen (secondary N) is 2. The number of hydrogen-bond donors (Lipinski definition) is 2. The van der Waals surface area contributed by atoms with E-state index in [1.165, 1.54) is 43.7 Å². The molecule has 0 aromatic carbocycles. The van der Waals surface area contributed by atoms with Crippen LogP contribution in [0.25, 0.3) is 0 Å². The molecule has 1 aliphatic carbocycles. The minimum Gasteiger partial charge on any atom is -0.388 e. The maximum atomic E-state index is 3.65. The van der Waals surface area contributed by atoms with Crippen LogP contribution in [0.5, 0.6) is 0 Å². The van der Waals surface area contributed by atoms with Crippen molar-refractivity contribution in [3.63, 3.8) is 0 Å². The first-order chi connectivity index (χ1) is 9.22. The fraction of sp³-hybridized carbons (Fsp3) is 0.750. The predicted molar refractivity (Wildman–Crippen MR) is 89.2 cm³/mol. The summed E-state index contributed by atoms with van der Waals surface area (Å²) in [5.41, 5.74) is 1.26. The van der Waals surface area contributed by atoms with E-state index in [4.69, 9.17) is 0 Å². The minimum atomic E-state index is 0. The Bertz CT molecular complexity index is 310. The van der Waals surface area contributed by atoms with E-state index >= 15 is 0 Å². The molecule has 0 aliphatic heterocycles. The van der Waals surface area contributed by atoms with Crippen molar-refractivity contribution in [2.24, 2.45) is 0 Å². The van der Waals surface area contributed by atoms with Crippen LogP contribution >= 0.6 is 7.92 Å². The summed E-state index contributed by atoms with van der Waals surface area (Å²) in [6, 6.07) is 0. The Morgan fingerprint density at radius 1 is 1.15 bits per heavy atom. The van der Waals surface area contributed by atoms with Crippen molar-refractivity contribution in [2.45, 2.75) is 51.2 Å².